The van der Waals surface area contributed by atoms with Crippen molar-refractivity contribution in [2.24, 2.45) is 0 Å². The second kappa shape index (κ2) is 10.4. The average molecular weight is 461 g/mol. The van der Waals surface area contributed by atoms with Gasteiger partial charge in [-0.2, -0.15) is 18.3 Å². The van der Waals surface area contributed by atoms with E-state index in [-0.39, 0.29) is 17.6 Å². The highest BCUT2D eigenvalue weighted by atomic mass is 19.4. The summed E-state index contributed by atoms with van der Waals surface area (Å²) in [5.41, 5.74) is 2.30. The molecule has 1 atom stereocenters. The van der Waals surface area contributed by atoms with Gasteiger partial charge in [-0.25, -0.2) is 9.18 Å². The molecule has 1 aliphatic heterocycles. The summed E-state index contributed by atoms with van der Waals surface area (Å²) >= 11 is 0. The summed E-state index contributed by atoms with van der Waals surface area (Å²) < 4.78 is 57.7. The minimum absolute atomic E-state index is 0.00796. The third-order valence-corrected chi connectivity index (χ3v) is 4.68. The molecule has 0 radical (unpaired) electrons. The number of aromatic nitrogens is 2. The number of nitrogens with zero attached hydrogens (tertiary/aromatic N) is 3. The number of aryl methyl sites for hydroxylation is 1. The Kier molecular flexibility index (Phi) is 8.19. The fraction of sp³-hybridized carbons (Fsp3) is 0.450. The van der Waals surface area contributed by atoms with Gasteiger partial charge in [0.1, 0.15) is 0 Å². The van der Waals surface area contributed by atoms with E-state index < -0.39 is 18.0 Å². The predicted octanol–water partition coefficient (Wildman–Crippen LogP) is 3.07. The molecule has 0 bridgehead atoms. The summed E-state index contributed by atoms with van der Waals surface area (Å²) in [6.45, 7) is 4.22. The van der Waals surface area contributed by atoms with Gasteiger partial charge in [-0.05, 0) is 25.1 Å². The molecular formula is C20H23F4N3O5. The lowest BCUT2D eigenvalue weighted by Gasteiger charge is -2.31. The number of benzene rings is 1. The fourth-order valence-corrected chi connectivity index (χ4v) is 3.20. The van der Waals surface area contributed by atoms with E-state index in [1.807, 2.05) is 17.8 Å². The molecule has 0 spiro atoms. The normalized spacial score (nSPS) is 15.5. The van der Waals surface area contributed by atoms with Gasteiger partial charge in [0.05, 0.1) is 19.4 Å². The number of ether oxygens (including phenoxy) is 2. The smallest absolute Gasteiger partial charge is 0.490 e. The van der Waals surface area contributed by atoms with Crippen molar-refractivity contribution in [1.29, 1.82) is 0 Å². The monoisotopic (exact) mass is 461 g/mol. The second-order valence-corrected chi connectivity index (χ2v) is 6.89. The Morgan fingerprint density at radius 1 is 1.28 bits per heavy atom. The Bertz CT molecular complexity index is 961. The third kappa shape index (κ3) is 5.96. The van der Waals surface area contributed by atoms with Gasteiger partial charge in [-0.1, -0.05) is 0 Å². The Labute approximate surface area is 181 Å². The molecule has 2 aromatic rings. The van der Waals surface area contributed by atoms with Crippen LogP contribution < -0.4 is 4.74 Å². The van der Waals surface area contributed by atoms with Gasteiger partial charge in [0.25, 0.3) is 5.91 Å². The van der Waals surface area contributed by atoms with Crippen LogP contribution in [0.15, 0.2) is 24.4 Å². The van der Waals surface area contributed by atoms with Gasteiger partial charge in [-0.15, -0.1) is 0 Å². The Morgan fingerprint density at radius 3 is 2.44 bits per heavy atom. The zero-order valence-electron chi connectivity index (χ0n) is 17.6. The number of amides is 1. The molecule has 1 unspecified atom stereocenters. The largest absolute Gasteiger partial charge is 0.494 e. The standard InChI is InChI=1S/C18H22FN3O3.C2HF3O2/c1-4-22-10-13-8-21(9-14(11-24-2)17(13)20-22)18(23)12-5-6-16(25-3)15(19)7-12;3-2(4,5)1(6)7/h5-7,10,14H,4,8-9,11H2,1-3H3;(H,6,7). The van der Waals surface area contributed by atoms with Crippen LogP contribution in [-0.2, 0) is 22.6 Å². The molecule has 12 heteroatoms. The van der Waals surface area contributed by atoms with Gasteiger partial charge in [0.2, 0.25) is 0 Å². The van der Waals surface area contributed by atoms with Gasteiger partial charge >= 0.3 is 12.1 Å². The fourth-order valence-electron chi connectivity index (χ4n) is 3.20. The number of halogens is 4. The van der Waals surface area contributed by atoms with Crippen LogP contribution in [0.25, 0.3) is 0 Å². The van der Waals surface area contributed by atoms with Crippen molar-refractivity contribution in [2.75, 3.05) is 27.4 Å². The minimum Gasteiger partial charge on any atom is -0.494 e. The molecule has 8 nitrogen and oxygen atoms in total. The molecule has 3 rings (SSSR count). The molecule has 32 heavy (non-hydrogen) atoms. The van der Waals surface area contributed by atoms with Gasteiger partial charge in [0, 0.05) is 50.0 Å². The Hall–Kier alpha value is -3.15. The minimum atomic E-state index is -5.08. The first-order chi connectivity index (χ1) is 15.0. The molecule has 0 fully saturated rings. The van der Waals surface area contributed by atoms with Crippen molar-refractivity contribution in [3.05, 3.63) is 47.0 Å². The molecule has 1 aromatic heterocycles. The number of hydrogen-bond donors (Lipinski definition) is 1. The highest BCUT2D eigenvalue weighted by Gasteiger charge is 2.38. The first kappa shape index (κ1) is 25.1. The number of carboxylic acids is 1. The van der Waals surface area contributed by atoms with Crippen LogP contribution in [0.1, 0.15) is 34.5 Å². The quantitative estimate of drug-likeness (QED) is 0.688. The maximum absolute atomic E-state index is 13.9. The van der Waals surface area contributed by atoms with Crippen LogP contribution in [0.3, 0.4) is 0 Å². The third-order valence-electron chi connectivity index (χ3n) is 4.68. The van der Waals surface area contributed by atoms with E-state index >= 15 is 0 Å². The van der Waals surface area contributed by atoms with E-state index in [9.17, 15) is 22.4 Å². The lowest BCUT2D eigenvalue weighted by atomic mass is 9.96. The molecule has 1 amide bonds. The lowest BCUT2D eigenvalue weighted by Crippen LogP contribution is -2.39. The number of carbonyl (C=O) groups is 2. The van der Waals surface area contributed by atoms with Crippen LogP contribution in [0.4, 0.5) is 17.6 Å². The Morgan fingerprint density at radius 2 is 1.94 bits per heavy atom. The number of hydrogen-bond acceptors (Lipinski definition) is 5. The maximum atomic E-state index is 13.9. The lowest BCUT2D eigenvalue weighted by molar-refractivity contribution is -0.192. The summed E-state index contributed by atoms with van der Waals surface area (Å²) in [4.78, 5) is 23.5. The van der Waals surface area contributed by atoms with Crippen molar-refractivity contribution in [3.63, 3.8) is 0 Å². The number of carboxylic acid groups (broad SMARTS) is 1. The number of fused-ring (bicyclic) bond motifs is 1. The summed E-state index contributed by atoms with van der Waals surface area (Å²) in [5.74, 6) is -3.38. The number of alkyl halides is 3. The molecule has 0 saturated heterocycles. The van der Waals surface area contributed by atoms with Gasteiger partial charge in [-0.3, -0.25) is 9.48 Å². The van der Waals surface area contributed by atoms with Crippen molar-refractivity contribution in [3.8, 4) is 5.75 Å². The number of rotatable bonds is 5. The van der Waals surface area contributed by atoms with Crippen molar-refractivity contribution < 1.29 is 41.7 Å². The maximum Gasteiger partial charge on any atom is 0.490 e. The van der Waals surface area contributed by atoms with E-state index in [2.05, 4.69) is 5.10 Å². The second-order valence-electron chi connectivity index (χ2n) is 6.89. The van der Waals surface area contributed by atoms with Crippen LogP contribution >= 0.6 is 0 Å². The van der Waals surface area contributed by atoms with Gasteiger partial charge < -0.3 is 19.5 Å². The summed E-state index contributed by atoms with van der Waals surface area (Å²) in [7, 11) is 3.03. The SMILES string of the molecule is CCn1cc2c(n1)C(COC)CN(C(=O)c1ccc(OC)c(F)c1)C2.O=C(O)C(F)(F)F. The van der Waals surface area contributed by atoms with E-state index in [1.165, 1.54) is 19.2 Å². The molecule has 1 aromatic carbocycles. The zero-order valence-corrected chi connectivity index (χ0v) is 17.6. The number of aliphatic carboxylic acids is 1. The van der Waals surface area contributed by atoms with Crippen molar-refractivity contribution in [1.82, 2.24) is 14.7 Å². The van der Waals surface area contributed by atoms with E-state index in [0.717, 1.165) is 17.8 Å². The first-order valence-corrected chi connectivity index (χ1v) is 9.49. The Balaban J connectivity index is 0.000000451. The van der Waals surface area contributed by atoms with Gasteiger partial charge in [0.15, 0.2) is 11.6 Å². The molecule has 0 saturated carbocycles. The summed E-state index contributed by atoms with van der Waals surface area (Å²) in [6, 6.07) is 4.28. The van der Waals surface area contributed by atoms with Crippen molar-refractivity contribution >= 4 is 11.9 Å². The molecule has 0 aliphatic carbocycles. The van der Waals surface area contributed by atoms with Crippen LogP contribution in [0.2, 0.25) is 0 Å². The molecular weight excluding hydrogens is 438 g/mol. The van der Waals surface area contributed by atoms with Crippen LogP contribution in [-0.4, -0.2) is 65.2 Å². The highest BCUT2D eigenvalue weighted by Crippen LogP contribution is 2.29. The summed E-state index contributed by atoms with van der Waals surface area (Å²) in [5, 5.41) is 11.7. The molecule has 176 valence electrons. The first-order valence-electron chi connectivity index (χ1n) is 9.49. The topological polar surface area (TPSA) is 93.9 Å². The van der Waals surface area contributed by atoms with E-state index in [1.54, 1.807) is 18.1 Å². The van der Waals surface area contributed by atoms with E-state index in [4.69, 9.17) is 19.4 Å². The zero-order chi connectivity index (χ0) is 24.1. The van der Waals surface area contributed by atoms with Crippen LogP contribution in [0, 0.1) is 5.82 Å². The highest BCUT2D eigenvalue weighted by molar-refractivity contribution is 5.94. The molecule has 1 N–H and O–H groups in total. The predicted molar refractivity (Wildman–Crippen MR) is 104 cm³/mol. The summed E-state index contributed by atoms with van der Waals surface area (Å²) in [6.07, 6.45) is -3.12. The van der Waals surface area contributed by atoms with E-state index in [0.29, 0.717) is 25.3 Å². The molecule has 1 aliphatic rings. The van der Waals surface area contributed by atoms with Crippen LogP contribution in [0.5, 0.6) is 5.75 Å². The molecule has 2 heterocycles. The number of carbonyl (C=O) groups excluding carboxylic acids is 1. The number of methoxy groups -OCH3 is 2. The van der Waals surface area contributed by atoms with Crippen molar-refractivity contribution in [2.45, 2.75) is 32.1 Å². The average Bonchev–Trinajstić information content (AvgIpc) is 3.16.